The van der Waals surface area contributed by atoms with Gasteiger partial charge in [0.05, 0.1) is 18.4 Å². The topological polar surface area (TPSA) is 105 Å². The van der Waals surface area contributed by atoms with E-state index in [1.54, 1.807) is 29.2 Å². The molecule has 9 heteroatoms. The van der Waals surface area contributed by atoms with Gasteiger partial charge in [0.1, 0.15) is 0 Å². The maximum atomic E-state index is 12.8. The summed E-state index contributed by atoms with van der Waals surface area (Å²) in [6.07, 6.45) is 1.67. The van der Waals surface area contributed by atoms with Gasteiger partial charge in [-0.3, -0.25) is 14.4 Å². The van der Waals surface area contributed by atoms with Crippen LogP contribution in [0.3, 0.4) is 0 Å². The van der Waals surface area contributed by atoms with Gasteiger partial charge in [-0.05, 0) is 30.5 Å². The van der Waals surface area contributed by atoms with Crippen molar-refractivity contribution in [3.8, 4) is 0 Å². The van der Waals surface area contributed by atoms with Crippen LogP contribution < -0.4 is 16.4 Å². The number of benzene rings is 1. The summed E-state index contributed by atoms with van der Waals surface area (Å²) in [5.41, 5.74) is 6.24. The molecule has 0 bridgehead atoms. The average Bonchev–Trinajstić information content (AvgIpc) is 2.66. The molecule has 1 aliphatic heterocycles. The Bertz CT molecular complexity index is 670. The average molecular weight is 431 g/mol. The number of likely N-dealkylation sites (tertiary alicyclic amines) is 1. The molecule has 1 aliphatic rings. The first-order valence-corrected chi connectivity index (χ1v) is 9.56. The van der Waals surface area contributed by atoms with Crippen molar-refractivity contribution in [1.82, 2.24) is 15.5 Å². The van der Waals surface area contributed by atoms with Crippen molar-refractivity contribution in [3.63, 3.8) is 0 Å². The molecule has 1 aromatic rings. The number of hydrogen-bond donors (Lipinski definition) is 3. The molecule has 0 saturated carbocycles. The number of halogens is 2. The Morgan fingerprint density at radius 3 is 2.57 bits per heavy atom. The summed E-state index contributed by atoms with van der Waals surface area (Å²) in [6, 6.07) is 6.63. The van der Waals surface area contributed by atoms with Crippen molar-refractivity contribution in [1.29, 1.82) is 0 Å². The van der Waals surface area contributed by atoms with Gasteiger partial charge >= 0.3 is 0 Å². The van der Waals surface area contributed by atoms with Crippen LogP contribution in [0.25, 0.3) is 0 Å². The van der Waals surface area contributed by atoms with E-state index in [1.165, 1.54) is 6.92 Å². The van der Waals surface area contributed by atoms with Crippen molar-refractivity contribution < 1.29 is 14.4 Å². The molecule has 28 heavy (non-hydrogen) atoms. The molecule has 2 unspecified atom stereocenters. The van der Waals surface area contributed by atoms with Gasteiger partial charge in [-0.2, -0.15) is 0 Å². The predicted octanol–water partition coefficient (Wildman–Crippen LogP) is 1.64. The summed E-state index contributed by atoms with van der Waals surface area (Å²) in [5, 5.41) is 6.20. The van der Waals surface area contributed by atoms with E-state index in [4.69, 9.17) is 17.3 Å². The minimum Gasteiger partial charge on any atom is -0.355 e. The highest BCUT2D eigenvalue weighted by atomic mass is 35.5. The molecular weight excluding hydrogens is 403 g/mol. The normalized spacial score (nSPS) is 17.2. The number of nitrogens with two attached hydrogens (primary N) is 1. The third kappa shape index (κ3) is 7.30. The smallest absolute Gasteiger partial charge is 0.225 e. The minimum absolute atomic E-state index is 0. The highest BCUT2D eigenvalue weighted by molar-refractivity contribution is 6.30. The lowest BCUT2D eigenvalue weighted by atomic mass is 9.96. The van der Waals surface area contributed by atoms with E-state index in [0.717, 1.165) is 18.4 Å². The zero-order valence-corrected chi connectivity index (χ0v) is 17.5. The zero-order valence-electron chi connectivity index (χ0n) is 15.9. The Morgan fingerprint density at radius 2 is 1.96 bits per heavy atom. The third-order valence-corrected chi connectivity index (χ3v) is 4.87. The molecule has 2 rings (SSSR count). The third-order valence-electron chi connectivity index (χ3n) is 4.62. The van der Waals surface area contributed by atoms with Crippen LogP contribution in [-0.2, 0) is 14.4 Å². The van der Waals surface area contributed by atoms with Crippen LogP contribution in [-0.4, -0.2) is 48.8 Å². The van der Waals surface area contributed by atoms with E-state index in [0.29, 0.717) is 31.2 Å². The lowest BCUT2D eigenvalue weighted by Crippen LogP contribution is -2.47. The Morgan fingerprint density at radius 1 is 1.29 bits per heavy atom. The van der Waals surface area contributed by atoms with Gasteiger partial charge in [-0.15, -0.1) is 12.4 Å². The number of nitrogens with one attached hydrogen (secondary N) is 2. The lowest BCUT2D eigenvalue weighted by Gasteiger charge is -2.33. The second kappa shape index (κ2) is 11.9. The number of amides is 3. The Balaban J connectivity index is 0.00000392. The van der Waals surface area contributed by atoms with Gasteiger partial charge in [0.2, 0.25) is 17.7 Å². The molecule has 0 radical (unpaired) electrons. The van der Waals surface area contributed by atoms with Crippen LogP contribution in [0.5, 0.6) is 0 Å². The van der Waals surface area contributed by atoms with Gasteiger partial charge in [-0.1, -0.05) is 23.7 Å². The largest absolute Gasteiger partial charge is 0.355 e. The molecule has 3 amide bonds. The lowest BCUT2D eigenvalue weighted by molar-refractivity contribution is -0.136. The summed E-state index contributed by atoms with van der Waals surface area (Å²) in [7, 11) is 0. The standard InChI is InChI=1S/C19H27ClN4O3.ClH/c1-13(25)23-17(14-4-6-16(20)7-5-14)11-18(26)24-10-2-3-15(12-24)19(27)22-9-8-21;/h4-7,15,17H,2-3,8-12,21H2,1H3,(H,22,27)(H,23,25);1H. The van der Waals surface area contributed by atoms with Crippen LogP contribution in [0.15, 0.2) is 24.3 Å². The van der Waals surface area contributed by atoms with Gasteiger partial charge < -0.3 is 21.3 Å². The molecule has 1 saturated heterocycles. The van der Waals surface area contributed by atoms with E-state index in [-0.39, 0.29) is 42.5 Å². The zero-order chi connectivity index (χ0) is 19.8. The van der Waals surface area contributed by atoms with Crippen LogP contribution >= 0.6 is 24.0 Å². The van der Waals surface area contributed by atoms with Crippen LogP contribution in [0, 0.1) is 5.92 Å². The second-order valence-corrected chi connectivity index (χ2v) is 7.20. The fourth-order valence-corrected chi connectivity index (χ4v) is 3.38. The number of rotatable bonds is 7. The van der Waals surface area contributed by atoms with E-state index in [2.05, 4.69) is 10.6 Å². The van der Waals surface area contributed by atoms with Gasteiger partial charge in [0, 0.05) is 38.1 Å². The highest BCUT2D eigenvalue weighted by Crippen LogP contribution is 2.23. The van der Waals surface area contributed by atoms with Crippen LogP contribution in [0.2, 0.25) is 5.02 Å². The Hall–Kier alpha value is -1.83. The first kappa shape index (κ1) is 24.2. The fourth-order valence-electron chi connectivity index (χ4n) is 3.25. The molecule has 0 aliphatic carbocycles. The van der Waals surface area contributed by atoms with E-state index in [1.807, 2.05) is 0 Å². The maximum absolute atomic E-state index is 12.8. The predicted molar refractivity (Wildman–Crippen MR) is 111 cm³/mol. The summed E-state index contributed by atoms with van der Waals surface area (Å²) in [5.74, 6) is -0.571. The first-order chi connectivity index (χ1) is 12.9. The van der Waals surface area contributed by atoms with Crippen molar-refractivity contribution in [2.24, 2.45) is 11.7 Å². The van der Waals surface area contributed by atoms with Crippen molar-refractivity contribution in [2.45, 2.75) is 32.2 Å². The molecule has 4 N–H and O–H groups in total. The quantitative estimate of drug-likeness (QED) is 0.611. The number of carbonyl (C=O) groups excluding carboxylic acids is 3. The molecule has 0 aromatic heterocycles. The monoisotopic (exact) mass is 430 g/mol. The number of hydrogen-bond acceptors (Lipinski definition) is 4. The molecule has 1 aromatic carbocycles. The molecule has 2 atom stereocenters. The maximum Gasteiger partial charge on any atom is 0.225 e. The van der Waals surface area contributed by atoms with Crippen LogP contribution in [0.4, 0.5) is 0 Å². The SMILES string of the molecule is CC(=O)NC(CC(=O)N1CCCC(C(=O)NCCN)C1)c1ccc(Cl)cc1.Cl. The minimum atomic E-state index is -0.432. The van der Waals surface area contributed by atoms with Crippen LogP contribution in [0.1, 0.15) is 37.8 Å². The van der Waals surface area contributed by atoms with Gasteiger partial charge in [0.25, 0.3) is 0 Å². The molecule has 1 fully saturated rings. The number of piperidine rings is 1. The first-order valence-electron chi connectivity index (χ1n) is 9.18. The van der Waals surface area contributed by atoms with Crippen molar-refractivity contribution in [3.05, 3.63) is 34.9 Å². The highest BCUT2D eigenvalue weighted by Gasteiger charge is 2.29. The number of carbonyl (C=O) groups is 3. The summed E-state index contributed by atoms with van der Waals surface area (Å²) in [6.45, 7) is 3.26. The van der Waals surface area contributed by atoms with Gasteiger partial charge in [0.15, 0.2) is 0 Å². The van der Waals surface area contributed by atoms with Crippen molar-refractivity contribution >= 4 is 41.7 Å². The van der Waals surface area contributed by atoms with E-state index >= 15 is 0 Å². The summed E-state index contributed by atoms with van der Waals surface area (Å²) >= 11 is 5.92. The molecular formula is C19H28Cl2N4O3. The van der Waals surface area contributed by atoms with E-state index in [9.17, 15) is 14.4 Å². The molecule has 0 spiro atoms. The number of nitrogens with zero attached hydrogens (tertiary/aromatic N) is 1. The summed E-state index contributed by atoms with van der Waals surface area (Å²) < 4.78 is 0. The van der Waals surface area contributed by atoms with Crippen molar-refractivity contribution in [2.75, 3.05) is 26.2 Å². The fraction of sp³-hybridized carbons (Fsp3) is 0.526. The second-order valence-electron chi connectivity index (χ2n) is 6.77. The Kier molecular flexibility index (Phi) is 10.3. The molecule has 156 valence electrons. The molecule has 7 nitrogen and oxygen atoms in total. The van der Waals surface area contributed by atoms with Gasteiger partial charge in [-0.25, -0.2) is 0 Å². The Labute approximate surface area is 176 Å². The summed E-state index contributed by atoms with van der Waals surface area (Å²) in [4.78, 5) is 38.3. The molecule has 1 heterocycles. The van der Waals surface area contributed by atoms with E-state index < -0.39 is 6.04 Å².